The molecule has 4 heteroatoms. The molecule has 2 N–H and O–H groups in total. The van der Waals surface area contributed by atoms with Crippen molar-refractivity contribution in [1.29, 1.82) is 0 Å². The highest BCUT2D eigenvalue weighted by Crippen LogP contribution is 2.39. The molecule has 0 aliphatic carbocycles. The molecule has 1 aromatic carbocycles. The monoisotopic (exact) mass is 212 g/mol. The van der Waals surface area contributed by atoms with Gasteiger partial charge in [0.1, 0.15) is 5.75 Å². The Hall–Kier alpha value is -0.870. The summed E-state index contributed by atoms with van der Waals surface area (Å²) in [6.45, 7) is 0. The smallest absolute Gasteiger partial charge is 0.172 e. The molecule has 0 saturated heterocycles. The fourth-order valence-electron chi connectivity index (χ4n) is 1.24. The third-order valence-electron chi connectivity index (χ3n) is 1.77. The van der Waals surface area contributed by atoms with Gasteiger partial charge in [-0.3, -0.25) is 0 Å². The third-order valence-corrected chi connectivity index (χ3v) is 3.65. The number of rotatable bonds is 1. The minimum absolute atomic E-state index is 0.245. The number of fused-ring (bicyclic) bond motifs is 1. The zero-order chi connectivity index (χ0) is 9.42. The fraction of sp³-hybridized carbons (Fsp3) is 0.111. The van der Waals surface area contributed by atoms with E-state index in [9.17, 15) is 10.2 Å². The van der Waals surface area contributed by atoms with Gasteiger partial charge in [0.2, 0.25) is 0 Å². The van der Waals surface area contributed by atoms with E-state index in [-0.39, 0.29) is 10.8 Å². The van der Waals surface area contributed by atoms with Crippen LogP contribution in [0.15, 0.2) is 23.1 Å². The van der Waals surface area contributed by atoms with Gasteiger partial charge in [-0.15, -0.1) is 11.8 Å². The van der Waals surface area contributed by atoms with E-state index in [1.807, 2.05) is 6.26 Å². The van der Waals surface area contributed by atoms with E-state index < -0.39 is 0 Å². The number of hydrogen-bond donors (Lipinski definition) is 2. The van der Waals surface area contributed by atoms with Gasteiger partial charge >= 0.3 is 0 Å². The Morgan fingerprint density at radius 3 is 2.69 bits per heavy atom. The molecule has 68 valence electrons. The molecular formula is C9H8O2S2. The number of thioether (sulfide) groups is 1. The molecule has 0 spiro atoms. The summed E-state index contributed by atoms with van der Waals surface area (Å²) in [5.74, 6) is 0.245. The lowest BCUT2D eigenvalue weighted by Gasteiger charge is -1.99. The van der Waals surface area contributed by atoms with Crippen LogP contribution in [-0.2, 0) is 0 Å². The summed E-state index contributed by atoms with van der Waals surface area (Å²) in [4.78, 5) is 1.00. The molecule has 1 heterocycles. The van der Waals surface area contributed by atoms with Gasteiger partial charge < -0.3 is 10.2 Å². The van der Waals surface area contributed by atoms with Crippen molar-refractivity contribution in [2.45, 2.75) is 4.90 Å². The molecule has 2 aromatic rings. The number of thiophene rings is 1. The second kappa shape index (κ2) is 3.12. The Balaban J connectivity index is 2.80. The van der Waals surface area contributed by atoms with Crippen molar-refractivity contribution in [3.63, 3.8) is 0 Å². The van der Waals surface area contributed by atoms with Gasteiger partial charge in [0.05, 0.1) is 4.70 Å². The second-order valence-electron chi connectivity index (χ2n) is 2.65. The molecule has 13 heavy (non-hydrogen) atoms. The maximum Gasteiger partial charge on any atom is 0.172 e. The van der Waals surface area contributed by atoms with Crippen molar-refractivity contribution < 1.29 is 10.2 Å². The molecular weight excluding hydrogens is 204 g/mol. The maximum atomic E-state index is 9.36. The number of benzene rings is 1. The first-order valence-electron chi connectivity index (χ1n) is 3.70. The van der Waals surface area contributed by atoms with E-state index >= 15 is 0 Å². The van der Waals surface area contributed by atoms with Crippen molar-refractivity contribution >= 4 is 33.2 Å². The van der Waals surface area contributed by atoms with Crippen LogP contribution < -0.4 is 0 Å². The van der Waals surface area contributed by atoms with Crippen molar-refractivity contribution in [1.82, 2.24) is 0 Å². The summed E-state index contributed by atoms with van der Waals surface area (Å²) in [6, 6.07) is 5.04. The Bertz CT molecular complexity index is 448. The summed E-state index contributed by atoms with van der Waals surface area (Å²) >= 11 is 2.90. The first kappa shape index (κ1) is 8.72. The van der Waals surface area contributed by atoms with E-state index in [1.54, 1.807) is 30.0 Å². The Kier molecular flexibility index (Phi) is 2.09. The molecule has 0 fully saturated rings. The van der Waals surface area contributed by atoms with Crippen LogP contribution in [0.5, 0.6) is 10.8 Å². The highest BCUT2D eigenvalue weighted by molar-refractivity contribution is 7.99. The molecule has 0 bridgehead atoms. The van der Waals surface area contributed by atoms with Crippen LogP contribution in [0.4, 0.5) is 0 Å². The maximum absolute atomic E-state index is 9.36. The molecule has 0 aliphatic rings. The van der Waals surface area contributed by atoms with Gasteiger partial charge in [0.15, 0.2) is 5.06 Å². The molecule has 0 amide bonds. The van der Waals surface area contributed by atoms with Crippen molar-refractivity contribution in [2.24, 2.45) is 0 Å². The lowest BCUT2D eigenvalue weighted by atomic mass is 10.2. The number of phenols is 1. The lowest BCUT2D eigenvalue weighted by molar-refractivity contribution is 0.475. The normalized spacial score (nSPS) is 10.8. The molecule has 0 aliphatic heterocycles. The first-order valence-corrected chi connectivity index (χ1v) is 5.74. The Labute approximate surface area is 83.8 Å². The minimum Gasteiger partial charge on any atom is -0.508 e. The van der Waals surface area contributed by atoms with E-state index in [4.69, 9.17) is 0 Å². The van der Waals surface area contributed by atoms with Gasteiger partial charge in [-0.05, 0) is 24.5 Å². The van der Waals surface area contributed by atoms with Crippen LogP contribution in [-0.4, -0.2) is 16.5 Å². The van der Waals surface area contributed by atoms with Crippen molar-refractivity contribution in [2.75, 3.05) is 6.26 Å². The van der Waals surface area contributed by atoms with E-state index in [0.717, 1.165) is 15.0 Å². The molecule has 0 radical (unpaired) electrons. The van der Waals surface area contributed by atoms with Gasteiger partial charge in [-0.25, -0.2) is 0 Å². The third kappa shape index (κ3) is 1.47. The molecule has 2 nitrogen and oxygen atoms in total. The summed E-state index contributed by atoms with van der Waals surface area (Å²) in [7, 11) is 0. The Morgan fingerprint density at radius 2 is 2.00 bits per heavy atom. The molecule has 0 saturated carbocycles. The molecule has 1 aromatic heterocycles. The standard InChI is InChI=1S/C9H8O2S2/c1-12-7-4-6(10)2-5-3-8(11)13-9(5)7/h2-4,10-11H,1H3. The second-order valence-corrected chi connectivity index (χ2v) is 4.53. The van der Waals surface area contributed by atoms with Crippen LogP contribution in [0, 0.1) is 0 Å². The van der Waals surface area contributed by atoms with Crippen LogP contribution in [0.1, 0.15) is 0 Å². The average Bonchev–Trinajstić information content (AvgIpc) is 2.43. The summed E-state index contributed by atoms with van der Waals surface area (Å²) < 4.78 is 1.03. The molecule has 0 atom stereocenters. The number of phenolic OH excluding ortho intramolecular Hbond substituents is 1. The summed E-state index contributed by atoms with van der Waals surface area (Å²) in [6.07, 6.45) is 1.95. The largest absolute Gasteiger partial charge is 0.508 e. The van der Waals surface area contributed by atoms with E-state index in [1.165, 1.54) is 11.3 Å². The highest BCUT2D eigenvalue weighted by atomic mass is 32.2. The first-order chi connectivity index (χ1) is 6.20. The SMILES string of the molecule is CSc1cc(O)cc2cc(O)sc12. The zero-order valence-corrected chi connectivity index (χ0v) is 8.58. The zero-order valence-electron chi connectivity index (χ0n) is 6.94. The number of aromatic hydroxyl groups is 2. The topological polar surface area (TPSA) is 40.5 Å². The quantitative estimate of drug-likeness (QED) is 0.714. The van der Waals surface area contributed by atoms with E-state index in [2.05, 4.69) is 0 Å². The average molecular weight is 212 g/mol. The summed E-state index contributed by atoms with van der Waals surface area (Å²) in [5.41, 5.74) is 0. The number of hydrogen-bond acceptors (Lipinski definition) is 4. The fourth-order valence-corrected chi connectivity index (χ4v) is 2.95. The van der Waals surface area contributed by atoms with Gasteiger partial charge in [0, 0.05) is 10.3 Å². The van der Waals surface area contributed by atoms with Crippen LogP contribution in [0.3, 0.4) is 0 Å². The van der Waals surface area contributed by atoms with Crippen LogP contribution in [0.2, 0.25) is 0 Å². The molecule has 2 rings (SSSR count). The predicted octanol–water partition coefficient (Wildman–Crippen LogP) is 3.03. The lowest BCUT2D eigenvalue weighted by Crippen LogP contribution is -1.70. The van der Waals surface area contributed by atoms with Crippen LogP contribution >= 0.6 is 23.1 Å². The summed E-state index contributed by atoms with van der Waals surface area (Å²) in [5, 5.41) is 19.8. The van der Waals surface area contributed by atoms with Gasteiger partial charge in [-0.1, -0.05) is 11.3 Å². The minimum atomic E-state index is 0.245. The van der Waals surface area contributed by atoms with Crippen molar-refractivity contribution in [3.05, 3.63) is 18.2 Å². The Morgan fingerprint density at radius 1 is 1.23 bits per heavy atom. The highest BCUT2D eigenvalue weighted by Gasteiger charge is 2.06. The molecule has 0 unspecified atom stereocenters. The van der Waals surface area contributed by atoms with Gasteiger partial charge in [0.25, 0.3) is 0 Å². The van der Waals surface area contributed by atoms with Gasteiger partial charge in [-0.2, -0.15) is 0 Å². The van der Waals surface area contributed by atoms with Crippen molar-refractivity contribution in [3.8, 4) is 10.8 Å². The van der Waals surface area contributed by atoms with Crippen LogP contribution in [0.25, 0.3) is 10.1 Å². The van der Waals surface area contributed by atoms with E-state index in [0.29, 0.717) is 0 Å². The predicted molar refractivity (Wildman–Crippen MR) is 56.9 cm³/mol.